The average molecular weight is 643 g/mol. The van der Waals surface area contributed by atoms with Gasteiger partial charge in [-0.25, -0.2) is 0 Å². The topological polar surface area (TPSA) is 45.8 Å². The Bertz CT molecular complexity index is 1190. The molecule has 1 aliphatic rings. The van der Waals surface area contributed by atoms with Crippen LogP contribution < -0.4 is 42.9 Å². The van der Waals surface area contributed by atoms with Crippen molar-refractivity contribution < 1.29 is 43.1 Å². The van der Waals surface area contributed by atoms with Crippen LogP contribution in [0.4, 0.5) is 5.69 Å². The average Bonchev–Trinajstić information content (AvgIpc) is 3.34. The normalized spacial score (nSPS) is 14.5. The van der Waals surface area contributed by atoms with Crippen LogP contribution in [-0.4, -0.2) is 47.0 Å². The molecular formula is C25H29IN2O3SSe. The van der Waals surface area contributed by atoms with Crippen LogP contribution in [0.25, 0.3) is 15.9 Å². The van der Waals surface area contributed by atoms with Gasteiger partial charge >= 0.3 is 200 Å². The van der Waals surface area contributed by atoms with Crippen molar-refractivity contribution in [1.29, 1.82) is 0 Å². The number of hydrogen-bond acceptors (Lipinski definition) is 5. The number of rotatable bonds is 8. The van der Waals surface area contributed by atoms with Crippen LogP contribution in [0, 0.1) is 0 Å². The van der Waals surface area contributed by atoms with E-state index in [1.807, 2.05) is 12.1 Å². The molecule has 8 heteroatoms. The third-order valence-electron chi connectivity index (χ3n) is 5.54. The Kier molecular flexibility index (Phi) is 9.35. The molecule has 1 aromatic heterocycles. The Morgan fingerprint density at radius 1 is 1.12 bits per heavy atom. The van der Waals surface area contributed by atoms with E-state index >= 15 is 0 Å². The number of aryl methyl sites for hydroxylation is 1. The van der Waals surface area contributed by atoms with Gasteiger partial charge in [-0.2, -0.15) is 0 Å². The predicted octanol–water partition coefficient (Wildman–Crippen LogP) is 1.46. The fourth-order valence-electron chi connectivity index (χ4n) is 3.85. The number of anilines is 1. The molecule has 0 saturated carbocycles. The molecule has 0 unspecified atom stereocenters. The number of methoxy groups -OCH3 is 2. The van der Waals surface area contributed by atoms with Gasteiger partial charge in [-0.15, -0.1) is 0 Å². The summed E-state index contributed by atoms with van der Waals surface area (Å²) >= 11 is 2.01. The van der Waals surface area contributed by atoms with Crippen molar-refractivity contribution in [3.8, 4) is 11.5 Å². The van der Waals surface area contributed by atoms with Gasteiger partial charge < -0.3 is 24.0 Å². The molecule has 4 rings (SSSR count). The number of aliphatic hydroxyl groups excluding tert-OH is 1. The summed E-state index contributed by atoms with van der Waals surface area (Å²) in [6, 6.07) is 12.5. The number of hydrogen-bond donors (Lipinski definition) is 1. The summed E-state index contributed by atoms with van der Waals surface area (Å²) < 4.78 is 16.0. The molecule has 0 radical (unpaired) electrons. The van der Waals surface area contributed by atoms with Crippen molar-refractivity contribution in [3.05, 3.63) is 57.6 Å². The van der Waals surface area contributed by atoms with E-state index in [1.54, 1.807) is 26.0 Å². The van der Waals surface area contributed by atoms with E-state index in [0.29, 0.717) is 6.54 Å². The number of aromatic nitrogens is 1. The minimum absolute atomic E-state index is 0. The third kappa shape index (κ3) is 5.46. The Morgan fingerprint density at radius 3 is 2.52 bits per heavy atom. The maximum Gasteiger partial charge on any atom is -1.00 e. The van der Waals surface area contributed by atoms with Crippen LogP contribution >= 0.6 is 11.8 Å². The number of nitrogens with zero attached hydrogens (tertiary/aromatic N) is 2. The zero-order chi connectivity index (χ0) is 22.7. The molecule has 1 aliphatic heterocycles. The Labute approximate surface area is 222 Å². The summed E-state index contributed by atoms with van der Waals surface area (Å²) in [6.45, 7) is 5.98. The first kappa shape index (κ1) is 26.2. The minimum Gasteiger partial charge on any atom is -1.00 e. The summed E-state index contributed by atoms with van der Waals surface area (Å²) in [5.74, 6) is 1.73. The maximum atomic E-state index is 9.68. The number of ether oxygens (including phenoxy) is 2. The summed E-state index contributed by atoms with van der Waals surface area (Å²) in [4.78, 5) is 3.38. The van der Waals surface area contributed by atoms with Gasteiger partial charge in [0.15, 0.2) is 0 Å². The van der Waals surface area contributed by atoms with Gasteiger partial charge in [0, 0.05) is 0 Å². The van der Waals surface area contributed by atoms with Crippen LogP contribution in [0.1, 0.15) is 24.8 Å². The molecule has 0 spiro atoms. The summed E-state index contributed by atoms with van der Waals surface area (Å²) in [5.41, 5.74) is 3.64. The van der Waals surface area contributed by atoms with E-state index in [2.05, 4.69) is 59.7 Å². The van der Waals surface area contributed by atoms with E-state index in [-0.39, 0.29) is 45.1 Å². The standard InChI is InChI=1S/C25H29N2O3SSe.HI/c1-5-17(14-25-26(6-2)21-16-19(30-4)8-10-23(21)32-25)13-24-27(11-12-28)20-15-18(29-3)7-9-22(20)31-24;/h7-10,13-16,28H,5-6,11-12H2,1-4H3;1H/q+1;/p-1. The molecule has 0 bridgehead atoms. The Hall–Kier alpha value is -1.45. The first-order valence-electron chi connectivity index (χ1n) is 10.8. The smallest absolute Gasteiger partial charge is 1.00 e. The van der Waals surface area contributed by atoms with E-state index in [9.17, 15) is 5.11 Å². The first-order valence-corrected chi connectivity index (χ1v) is 13.3. The Balaban J connectivity index is 0.00000306. The van der Waals surface area contributed by atoms with Crippen molar-refractivity contribution in [1.82, 2.24) is 0 Å². The van der Waals surface area contributed by atoms with Gasteiger partial charge in [-0.05, 0) is 0 Å². The molecule has 0 amide bonds. The Morgan fingerprint density at radius 2 is 1.85 bits per heavy atom. The molecule has 33 heavy (non-hydrogen) atoms. The first-order chi connectivity index (χ1) is 15.6. The number of allylic oxidation sites excluding steroid dienone is 2. The van der Waals surface area contributed by atoms with Gasteiger partial charge in [0.2, 0.25) is 0 Å². The monoisotopic (exact) mass is 644 g/mol. The SMILES string of the molecule is CCC(/C=C1\Sc2ccc(OC)cc2N1CCO)=C\c1[se]c2ccc(OC)cc2[n+]1CC.[I-]. The second kappa shape index (κ2) is 11.8. The van der Waals surface area contributed by atoms with Crippen LogP contribution in [0.5, 0.6) is 11.5 Å². The van der Waals surface area contributed by atoms with E-state index in [0.717, 1.165) is 35.2 Å². The summed E-state index contributed by atoms with van der Waals surface area (Å²) in [7, 11) is 3.40. The number of aliphatic hydroxyl groups is 1. The van der Waals surface area contributed by atoms with E-state index < -0.39 is 0 Å². The van der Waals surface area contributed by atoms with Crippen LogP contribution in [0.15, 0.2) is 58.0 Å². The van der Waals surface area contributed by atoms with Gasteiger partial charge in [0.25, 0.3) is 0 Å². The number of β-amino-alcohol motifs (C(OH)–C–C–N with tert-alkyl or cyclic N) is 1. The number of halogens is 1. The zero-order valence-corrected chi connectivity index (χ0v) is 24.0. The molecule has 176 valence electrons. The molecule has 0 atom stereocenters. The quantitative estimate of drug-likeness (QED) is 0.229. The van der Waals surface area contributed by atoms with Crippen molar-refractivity contribution in [3.63, 3.8) is 0 Å². The number of thioether (sulfide) groups is 1. The second-order valence-corrected chi connectivity index (χ2v) is 10.7. The molecule has 2 aromatic carbocycles. The molecule has 0 fully saturated rings. The molecule has 5 nitrogen and oxygen atoms in total. The van der Waals surface area contributed by atoms with Crippen LogP contribution in [0.3, 0.4) is 0 Å². The number of benzene rings is 2. The van der Waals surface area contributed by atoms with Gasteiger partial charge in [-0.3, -0.25) is 0 Å². The van der Waals surface area contributed by atoms with Crippen molar-refractivity contribution >= 4 is 47.8 Å². The van der Waals surface area contributed by atoms with Crippen molar-refractivity contribution in [2.24, 2.45) is 0 Å². The molecule has 0 saturated heterocycles. The largest absolute Gasteiger partial charge is 1.00 e. The fourth-order valence-corrected chi connectivity index (χ4v) is 7.48. The number of fused-ring (bicyclic) bond motifs is 2. The van der Waals surface area contributed by atoms with Gasteiger partial charge in [0.1, 0.15) is 0 Å². The second-order valence-electron chi connectivity index (χ2n) is 7.38. The molecule has 3 aromatic rings. The molecule has 1 N–H and O–H groups in total. The van der Waals surface area contributed by atoms with E-state index in [1.165, 1.54) is 24.8 Å². The minimum atomic E-state index is 0. The van der Waals surface area contributed by atoms with Crippen LogP contribution in [0.2, 0.25) is 0 Å². The predicted molar refractivity (Wildman–Crippen MR) is 133 cm³/mol. The van der Waals surface area contributed by atoms with Gasteiger partial charge in [0.05, 0.1) is 0 Å². The third-order valence-corrected chi connectivity index (χ3v) is 8.99. The maximum absolute atomic E-state index is 9.68. The molecule has 2 heterocycles. The van der Waals surface area contributed by atoms with Crippen LogP contribution in [-0.2, 0) is 6.54 Å². The fraction of sp³-hybridized carbons (Fsp3) is 0.320. The molecular weight excluding hydrogens is 614 g/mol. The van der Waals surface area contributed by atoms with Crippen molar-refractivity contribution in [2.45, 2.75) is 31.7 Å². The van der Waals surface area contributed by atoms with Crippen molar-refractivity contribution in [2.75, 3.05) is 32.3 Å². The summed E-state index contributed by atoms with van der Waals surface area (Å²) in [6.07, 6.45) is 5.56. The molecule has 0 aliphatic carbocycles. The van der Waals surface area contributed by atoms with Gasteiger partial charge in [-0.1, -0.05) is 0 Å². The summed E-state index contributed by atoms with van der Waals surface area (Å²) in [5, 5.41) is 10.8. The zero-order valence-electron chi connectivity index (χ0n) is 19.3. The van der Waals surface area contributed by atoms with E-state index in [4.69, 9.17) is 9.47 Å².